The van der Waals surface area contributed by atoms with Crippen LogP contribution >= 0.6 is 0 Å². The maximum absolute atomic E-state index is 6.94. The van der Waals surface area contributed by atoms with Gasteiger partial charge in [-0.05, 0) is 96.1 Å². The van der Waals surface area contributed by atoms with Gasteiger partial charge in [-0.2, -0.15) is 0 Å². The molecule has 6 aromatic heterocycles. The molecule has 0 radical (unpaired) electrons. The second-order valence-corrected chi connectivity index (χ2v) is 18.4. The highest BCUT2D eigenvalue weighted by molar-refractivity contribution is 6.24. The van der Waals surface area contributed by atoms with E-state index in [1.807, 2.05) is 0 Å². The van der Waals surface area contributed by atoms with E-state index in [0.29, 0.717) is 0 Å². The van der Waals surface area contributed by atoms with Crippen LogP contribution in [0.4, 0.5) is 0 Å². The lowest BCUT2D eigenvalue weighted by Gasteiger charge is -2.14. The van der Waals surface area contributed by atoms with Crippen LogP contribution in [-0.2, 0) is 0 Å². The average molecular weight is 895 g/mol. The molecule has 10 aromatic carbocycles. The van der Waals surface area contributed by atoms with E-state index < -0.39 is 0 Å². The summed E-state index contributed by atoms with van der Waals surface area (Å²) in [6.07, 6.45) is 0. The van der Waals surface area contributed by atoms with Crippen molar-refractivity contribution in [3.8, 4) is 33.9 Å². The summed E-state index contributed by atoms with van der Waals surface area (Å²) in [6.45, 7) is 0. The minimum Gasteiger partial charge on any atom is -0.439 e. The van der Waals surface area contributed by atoms with Gasteiger partial charge in [-0.25, -0.2) is 0 Å². The minimum atomic E-state index is 0.826. The van der Waals surface area contributed by atoms with Crippen LogP contribution in [0, 0.1) is 0 Å². The third-order valence-electron chi connectivity index (χ3n) is 14.8. The van der Waals surface area contributed by atoms with Crippen molar-refractivity contribution < 1.29 is 8.83 Å². The quantitative estimate of drug-likeness (QED) is 0.173. The molecule has 0 saturated carbocycles. The van der Waals surface area contributed by atoms with Crippen LogP contribution in [-0.4, -0.2) is 18.3 Å². The van der Waals surface area contributed by atoms with Crippen LogP contribution in [0.25, 0.3) is 143 Å². The Hall–Kier alpha value is -9.52. The first-order chi connectivity index (χ1) is 34.8. The van der Waals surface area contributed by atoms with Crippen molar-refractivity contribution >= 4 is 110 Å². The molecule has 0 spiro atoms. The van der Waals surface area contributed by atoms with Gasteiger partial charge in [-0.15, -0.1) is 0 Å². The number of rotatable bonds is 5. The predicted molar refractivity (Wildman–Crippen MR) is 289 cm³/mol. The fourth-order valence-electron chi connectivity index (χ4n) is 11.9. The van der Waals surface area contributed by atoms with E-state index in [9.17, 15) is 0 Å². The predicted octanol–water partition coefficient (Wildman–Crippen LogP) is 17.2. The van der Waals surface area contributed by atoms with E-state index in [2.05, 4.69) is 249 Å². The third kappa shape index (κ3) is 5.01. The number of benzene rings is 10. The summed E-state index contributed by atoms with van der Waals surface area (Å²) in [6, 6.07) is 82.8. The number of furan rings is 2. The van der Waals surface area contributed by atoms with Crippen molar-refractivity contribution in [2.24, 2.45) is 0 Å². The fraction of sp³-hybridized carbons (Fsp3) is 0. The molecule has 16 aromatic rings. The van der Waals surface area contributed by atoms with Crippen molar-refractivity contribution in [1.82, 2.24) is 18.3 Å². The van der Waals surface area contributed by atoms with Gasteiger partial charge in [0, 0.05) is 54.5 Å². The molecule has 16 rings (SSSR count). The minimum absolute atomic E-state index is 0.826. The molecular formula is C64H38N4O2. The zero-order valence-corrected chi connectivity index (χ0v) is 37.5. The van der Waals surface area contributed by atoms with Crippen LogP contribution in [0.15, 0.2) is 239 Å². The lowest BCUT2D eigenvalue weighted by atomic mass is 10.00. The Morgan fingerprint density at radius 2 is 0.629 bits per heavy atom. The number of nitrogens with zero attached hydrogens (tertiary/aromatic N) is 4. The Kier molecular flexibility index (Phi) is 7.52. The Balaban J connectivity index is 0.957. The SMILES string of the molecule is c1ccc(-n2c3ccccc3c3cccc(-n4c5ccc(-c6ccc7c(c6)c6c8ccccc8oc6n7-c6cccc7c8ccccc8n(-c8ccccc8)c67)cc5c5c6ccccc6oc54)c32)cc1. The second kappa shape index (κ2) is 14.0. The van der Waals surface area contributed by atoms with Crippen LogP contribution in [0.2, 0.25) is 0 Å². The summed E-state index contributed by atoms with van der Waals surface area (Å²) in [4.78, 5) is 0. The molecular weight excluding hydrogens is 857 g/mol. The van der Waals surface area contributed by atoms with Crippen LogP contribution in [0.5, 0.6) is 0 Å². The number of hydrogen-bond donors (Lipinski definition) is 0. The van der Waals surface area contributed by atoms with Crippen molar-refractivity contribution in [1.29, 1.82) is 0 Å². The van der Waals surface area contributed by atoms with Gasteiger partial charge in [-0.3, -0.25) is 9.13 Å². The molecule has 0 fully saturated rings. The van der Waals surface area contributed by atoms with Crippen molar-refractivity contribution in [3.63, 3.8) is 0 Å². The first-order valence-electron chi connectivity index (χ1n) is 23.8. The van der Waals surface area contributed by atoms with Crippen molar-refractivity contribution in [2.75, 3.05) is 0 Å². The molecule has 0 amide bonds. The molecule has 326 valence electrons. The summed E-state index contributed by atoms with van der Waals surface area (Å²) >= 11 is 0. The monoisotopic (exact) mass is 894 g/mol. The standard InChI is InChI=1S/C64H38N4O2/c1-3-17-41(18-4-1)65-51-27-11-7-21-43(51)45-25-15-29-55(61(45)65)67-53-35-33-39(37-49(53)59-47-23-9-13-31-57(47)69-63(59)67)40-34-36-54-50(38-40)60-48-24-10-14-32-58(48)70-64(60)68(54)56-30-16-26-46-44-22-8-12-28-52(44)66(62(46)56)42-19-5-2-6-20-42/h1-38H. The van der Waals surface area contributed by atoms with E-state index in [-0.39, 0.29) is 0 Å². The number of aromatic nitrogens is 4. The van der Waals surface area contributed by atoms with Gasteiger partial charge in [0.25, 0.3) is 0 Å². The zero-order valence-electron chi connectivity index (χ0n) is 37.5. The van der Waals surface area contributed by atoms with Crippen molar-refractivity contribution in [2.45, 2.75) is 0 Å². The molecule has 0 aliphatic heterocycles. The van der Waals surface area contributed by atoms with E-state index >= 15 is 0 Å². The number of fused-ring (bicyclic) bond motifs is 16. The maximum Gasteiger partial charge on any atom is 0.213 e. The van der Waals surface area contributed by atoms with Gasteiger partial charge in [-0.1, -0.05) is 146 Å². The fourth-order valence-corrected chi connectivity index (χ4v) is 11.9. The van der Waals surface area contributed by atoms with Gasteiger partial charge in [0.15, 0.2) is 0 Å². The van der Waals surface area contributed by atoms with E-state index in [1.165, 1.54) is 21.5 Å². The molecule has 0 aliphatic rings. The summed E-state index contributed by atoms with van der Waals surface area (Å²) < 4.78 is 23.4. The largest absolute Gasteiger partial charge is 0.439 e. The summed E-state index contributed by atoms with van der Waals surface area (Å²) in [5.41, 5.74) is 16.7. The first-order valence-corrected chi connectivity index (χ1v) is 23.8. The highest BCUT2D eigenvalue weighted by atomic mass is 16.3. The molecule has 0 aliphatic carbocycles. The molecule has 0 saturated heterocycles. The normalized spacial score (nSPS) is 12.3. The molecule has 0 bridgehead atoms. The van der Waals surface area contributed by atoms with Gasteiger partial charge in [0.05, 0.1) is 55.2 Å². The Bertz CT molecular complexity index is 4520. The van der Waals surface area contributed by atoms with E-state index in [1.54, 1.807) is 0 Å². The van der Waals surface area contributed by atoms with Gasteiger partial charge in [0.1, 0.15) is 11.2 Å². The van der Waals surface area contributed by atoms with E-state index in [0.717, 1.165) is 122 Å². The Morgan fingerprint density at radius 1 is 0.257 bits per heavy atom. The first kappa shape index (κ1) is 37.6. The van der Waals surface area contributed by atoms with Crippen LogP contribution in [0.3, 0.4) is 0 Å². The van der Waals surface area contributed by atoms with E-state index in [4.69, 9.17) is 8.83 Å². The Morgan fingerprint density at radius 3 is 1.09 bits per heavy atom. The number of para-hydroxylation sites is 8. The van der Waals surface area contributed by atoms with Gasteiger partial charge < -0.3 is 18.0 Å². The molecule has 0 unspecified atom stereocenters. The summed E-state index contributed by atoms with van der Waals surface area (Å²) in [7, 11) is 0. The smallest absolute Gasteiger partial charge is 0.213 e. The van der Waals surface area contributed by atoms with Crippen molar-refractivity contribution in [3.05, 3.63) is 231 Å². The molecule has 6 nitrogen and oxygen atoms in total. The molecule has 70 heavy (non-hydrogen) atoms. The number of hydrogen-bond acceptors (Lipinski definition) is 2. The molecule has 6 heterocycles. The Labute approximate surface area is 399 Å². The second-order valence-electron chi connectivity index (χ2n) is 18.4. The zero-order chi connectivity index (χ0) is 45.6. The molecule has 0 N–H and O–H groups in total. The highest BCUT2D eigenvalue weighted by Gasteiger charge is 2.26. The van der Waals surface area contributed by atoms with Gasteiger partial charge >= 0.3 is 0 Å². The van der Waals surface area contributed by atoms with Crippen LogP contribution in [0.1, 0.15) is 0 Å². The topological polar surface area (TPSA) is 46.0 Å². The summed E-state index contributed by atoms with van der Waals surface area (Å²) in [5.74, 6) is 0. The average Bonchev–Trinajstić information content (AvgIpc) is 4.27. The lowest BCUT2D eigenvalue weighted by Crippen LogP contribution is -2.00. The summed E-state index contributed by atoms with van der Waals surface area (Å²) in [5, 5.41) is 11.5. The third-order valence-corrected chi connectivity index (χ3v) is 14.8. The molecule has 0 atom stereocenters. The highest BCUT2D eigenvalue weighted by Crippen LogP contribution is 2.46. The maximum atomic E-state index is 6.94. The molecule has 6 heteroatoms. The van der Waals surface area contributed by atoms with Crippen LogP contribution < -0.4 is 0 Å². The van der Waals surface area contributed by atoms with Gasteiger partial charge in [0.2, 0.25) is 11.4 Å². The lowest BCUT2D eigenvalue weighted by molar-refractivity contribution is 0.645.